The van der Waals surface area contributed by atoms with Crippen molar-refractivity contribution >= 4 is 85.9 Å². The molecule has 7 aliphatic rings. The van der Waals surface area contributed by atoms with Gasteiger partial charge >= 0.3 is 0 Å². The Morgan fingerprint density at radius 1 is 0.659 bits per heavy atom. The van der Waals surface area contributed by atoms with Crippen molar-refractivity contribution in [3.8, 4) is 5.75 Å². The quantitative estimate of drug-likeness (QED) is 0.0202. The van der Waals surface area contributed by atoms with Gasteiger partial charge in [0.2, 0.25) is 53.0 Å². The van der Waals surface area contributed by atoms with Crippen LogP contribution in [0.5, 0.6) is 5.75 Å². The number of aliphatic hydroxyl groups is 1. The number of ketones is 2. The highest BCUT2D eigenvalue weighted by Crippen LogP contribution is 2.72. The summed E-state index contributed by atoms with van der Waals surface area (Å²) >= 11 is 0. The van der Waals surface area contributed by atoms with E-state index in [1.54, 1.807) is 25.7 Å². The number of nitrogens with zero attached hydrogens (tertiary/aromatic N) is 1. The molecule has 5 aliphatic carbocycles. The predicted molar refractivity (Wildman–Crippen MR) is 506 cm³/mol. The van der Waals surface area contributed by atoms with Crippen LogP contribution >= 0.6 is 0 Å². The molecule has 0 spiro atoms. The number of nitrogens with two attached hydrogens (primary N) is 1. The van der Waals surface area contributed by atoms with Crippen molar-refractivity contribution in [2.45, 2.75) is 224 Å². The van der Waals surface area contributed by atoms with Crippen molar-refractivity contribution in [3.63, 3.8) is 0 Å². The minimum atomic E-state index is -4.16. The van der Waals surface area contributed by atoms with E-state index in [1.807, 2.05) is 55.5 Å². The number of hydrogen-bond donors (Lipinski definition) is 11. The Bertz CT molecular complexity index is 4800. The van der Waals surface area contributed by atoms with Gasteiger partial charge in [-0.2, -0.15) is 8.42 Å². The molecule has 3 aromatic carbocycles. The van der Waals surface area contributed by atoms with Crippen LogP contribution < -0.4 is 57.9 Å². The van der Waals surface area contributed by atoms with E-state index < -0.39 is 158 Å². The molecule has 36 nitrogen and oxygen atoms in total. The Morgan fingerprint density at radius 3 is 1.93 bits per heavy atom. The van der Waals surface area contributed by atoms with Crippen molar-refractivity contribution < 1.29 is 132 Å². The smallest absolute Gasteiger partial charge is 0.266 e. The third-order valence-electron chi connectivity index (χ3n) is 26.5. The first-order valence-corrected chi connectivity index (χ1v) is 49.9. The summed E-state index contributed by atoms with van der Waals surface area (Å²) in [4.78, 5) is 137. The molecule has 2 unspecified atom stereocenters. The number of unbranched alkanes of at least 4 members (excludes halogenated alkanes) is 1. The molecule has 0 radical (unpaired) electrons. The second-order valence-corrected chi connectivity index (χ2v) is 38.2. The molecule has 3 aromatic rings. The Balaban J connectivity index is 0.641. The molecule has 12 N–H and O–H groups in total. The Morgan fingerprint density at radius 2 is 1.27 bits per heavy atom. The van der Waals surface area contributed by atoms with Crippen LogP contribution in [0.1, 0.15) is 167 Å². The molecule has 1 saturated heterocycles. The third kappa shape index (κ3) is 31.0. The van der Waals surface area contributed by atoms with Crippen LogP contribution in [0.4, 0.5) is 20.2 Å². The number of para-hydroxylation sites is 1. The number of carbonyl (C=O) groups is 10. The Hall–Kier alpha value is -9.59. The number of ether oxygens (including phenoxy) is 12. The minimum absolute atomic E-state index is 0.0133. The van der Waals surface area contributed by atoms with Gasteiger partial charge in [-0.1, -0.05) is 102 Å². The van der Waals surface area contributed by atoms with E-state index in [1.165, 1.54) is 50.3 Å². The van der Waals surface area contributed by atoms with E-state index >= 15 is 8.78 Å². The van der Waals surface area contributed by atoms with Gasteiger partial charge in [-0.15, -0.1) is 0 Å². The van der Waals surface area contributed by atoms with E-state index in [0.29, 0.717) is 102 Å². The summed E-state index contributed by atoms with van der Waals surface area (Å²) in [6, 6.07) is 18.3. The molecule has 0 bridgehead atoms. The number of anilines is 2. The lowest BCUT2D eigenvalue weighted by atomic mass is 9.44. The number of Topliss-reactive ketones (excluding diaryl/α,β-unsaturated/α-hetero) is 1. The van der Waals surface area contributed by atoms with Crippen LogP contribution in [-0.4, -0.2) is 288 Å². The minimum Gasteiger partial charge on any atom is -0.486 e. The van der Waals surface area contributed by atoms with Gasteiger partial charge in [-0.25, -0.2) is 8.78 Å². The maximum absolute atomic E-state index is 18.1. The first-order chi connectivity index (χ1) is 66.2. The zero-order valence-electron chi connectivity index (χ0n) is 80.3. The van der Waals surface area contributed by atoms with Crippen LogP contribution in [0.25, 0.3) is 5.57 Å². The number of aliphatic hydroxyl groups excluding tert-OH is 1. The fraction of sp³-hybridized carbons (Fsp3) is 0.636. The van der Waals surface area contributed by atoms with E-state index in [4.69, 9.17) is 67.1 Å². The molecule has 14 atom stereocenters. The average molecular weight is 1960 g/mol. The van der Waals surface area contributed by atoms with Crippen molar-refractivity contribution in [3.05, 3.63) is 131 Å². The van der Waals surface area contributed by atoms with Gasteiger partial charge in [-0.05, 0) is 167 Å². The number of alkyl halides is 2. The van der Waals surface area contributed by atoms with Crippen molar-refractivity contribution in [2.24, 2.45) is 34.3 Å². The van der Waals surface area contributed by atoms with E-state index in [-0.39, 0.29) is 173 Å². The molecule has 4 fully saturated rings. The molecule has 39 heteroatoms. The largest absolute Gasteiger partial charge is 0.486 e. The zero-order valence-corrected chi connectivity index (χ0v) is 81.1. The average Bonchev–Trinajstić information content (AvgIpc) is 1.48. The molecule has 138 heavy (non-hydrogen) atoms. The predicted octanol–water partition coefficient (Wildman–Crippen LogP) is 6.92. The van der Waals surface area contributed by atoms with E-state index in [0.717, 1.165) is 59.0 Å². The maximum atomic E-state index is 18.1. The van der Waals surface area contributed by atoms with Crippen molar-refractivity contribution in [2.75, 3.05) is 161 Å². The highest BCUT2D eigenvalue weighted by Gasteiger charge is 2.80. The number of nitrogens with one attached hydrogen (secondary N) is 8. The van der Waals surface area contributed by atoms with E-state index in [2.05, 4.69) is 49.1 Å². The van der Waals surface area contributed by atoms with Gasteiger partial charge in [0.15, 0.2) is 23.3 Å². The summed E-state index contributed by atoms with van der Waals surface area (Å²) in [6.07, 6.45) is 4.14. The summed E-state index contributed by atoms with van der Waals surface area (Å²) in [7, 11) is -4.16. The summed E-state index contributed by atoms with van der Waals surface area (Å²) < 4.78 is 135. The number of carbonyl (C=O) groups excluding carboxylic acids is 10. The Labute approximate surface area is 807 Å². The lowest BCUT2D eigenvalue weighted by Crippen LogP contribution is -2.71. The first kappa shape index (κ1) is 110. The summed E-state index contributed by atoms with van der Waals surface area (Å²) in [6.45, 7) is 18.5. The number of amides is 8. The van der Waals surface area contributed by atoms with Gasteiger partial charge in [0, 0.05) is 85.7 Å². The SMILES string of the molecule is C=C1Cc2ccccc2N(C(=O)CCC(=O)NCCOCCOCCOCCOCCC(=O)N[C@H](CCCCNC(=O)COC2CCCCCC(NCCOCCOCCOCCOCCC(=O)NCCS(=O)(=O)O)=C2N)C(=O)N[C@H](C(=O)N[C@@H](C)C(=O)Nc2ccc(OCC(=O)[C@@]34OC(CCC)O[C@@H]3C[C@H]3[C@@H]5C[C@H](F)C6=CC(=O)C=C[C@]6(C)[C@@]5(F)[C@@H](O)C[C@@]34C)cc2)C(C)C)Cc2ccccc21. The van der Waals surface area contributed by atoms with Crippen LogP contribution in [0.3, 0.4) is 0 Å². The number of halogens is 2. The zero-order chi connectivity index (χ0) is 99.4. The normalized spacial score (nSPS) is 23.9. The number of rotatable bonds is 59. The maximum Gasteiger partial charge on any atom is 0.266 e. The van der Waals surface area contributed by atoms with Gasteiger partial charge in [-0.3, -0.25) is 52.5 Å². The molecule has 3 saturated carbocycles. The van der Waals surface area contributed by atoms with Gasteiger partial charge in [0.25, 0.3) is 10.1 Å². The van der Waals surface area contributed by atoms with Crippen molar-refractivity contribution in [1.82, 2.24) is 37.2 Å². The summed E-state index contributed by atoms with van der Waals surface area (Å²) in [5.74, 6) is -7.34. The molecule has 764 valence electrons. The lowest BCUT2D eigenvalue weighted by molar-refractivity contribution is -0.234. The monoisotopic (exact) mass is 1960 g/mol. The first-order valence-electron chi connectivity index (χ1n) is 48.3. The molecule has 8 amide bonds. The van der Waals surface area contributed by atoms with Gasteiger partial charge in [0.1, 0.15) is 43.3 Å². The molecule has 2 heterocycles. The third-order valence-corrected chi connectivity index (χ3v) is 27.3. The molecular formula is C99H142F2N10O26S. The number of fused-ring (bicyclic) bond motifs is 9. The fourth-order valence-electron chi connectivity index (χ4n) is 19.3. The number of hydrogen-bond acceptors (Lipinski definition) is 27. The highest BCUT2D eigenvalue weighted by atomic mass is 32.2. The molecule has 10 rings (SSSR count). The van der Waals surface area contributed by atoms with E-state index in [9.17, 15) is 61.5 Å². The number of benzene rings is 3. The molecule has 2 aliphatic heterocycles. The standard InChI is InChI=1S/C99H142F2N10O26S/c1-8-18-90-136-84-60-74-75-59-77(100)76-58-71(112)32-35-96(76,6)98(75,101)82(113)61-97(74,7)99(84,137-90)83(114)63-134-72-28-26-70(27-29-72)108-93(120)67(5)107-95(122)92(65(2)3)110-94(121)79(23-16-17-36-104-88(118)64-135-81-25-11-9-10-22-78(91(81)102)103-37-42-128-46-50-132-54-52-130-48-44-126-40-33-86(116)106-39-56-138(123,124)125)109-87(117)34-41-127-45-49-131-53-55-133-51-47-129-43-38-105-85(115)30-31-89(119)111-62-69-20-12-14-21-73(69)66(4)57-68-19-13-15-24-80(68)111/h12-15,19-21,24,26-29,32,35,58,65,67,74-75,77,79,81-82,84,90,92,103,113H,4,8-11,16-18,22-23,25,30-31,33-34,36-57,59-64,102H2,1-3,5-7H3,(H,104,118)(H,105,115)(H,106,116)(H,107,122)(H,108,120)(H,109,117)(H,110,121)(H,123,124,125)/t67-,74-,75-,77-,79+,81?,82-,84+,90?,92-,96-,97-,98-,99+/m0/s1. The topological polar surface area (TPSA) is 482 Å². The van der Waals surface area contributed by atoms with Gasteiger partial charge in [0.05, 0.1) is 142 Å². The Kier molecular flexibility index (Phi) is 43.5. The fourth-order valence-corrected chi connectivity index (χ4v) is 19.6. The lowest BCUT2D eigenvalue weighted by Gasteiger charge is -2.63. The second kappa shape index (κ2) is 54.4. The highest BCUT2D eigenvalue weighted by molar-refractivity contribution is 7.85. The van der Waals surface area contributed by atoms with Crippen LogP contribution in [0.2, 0.25) is 0 Å². The second-order valence-electron chi connectivity index (χ2n) is 36.6. The summed E-state index contributed by atoms with van der Waals surface area (Å²) in [5.41, 5.74) is 6.13. The van der Waals surface area contributed by atoms with Crippen LogP contribution in [0.15, 0.2) is 115 Å². The molecular weight excluding hydrogens is 1820 g/mol. The number of allylic oxidation sites excluding steroid dienone is 6. The molecule has 0 aromatic heterocycles. The van der Waals surface area contributed by atoms with Crippen molar-refractivity contribution in [1.29, 1.82) is 0 Å². The van der Waals surface area contributed by atoms with Gasteiger partial charge < -0.3 is 115 Å². The summed E-state index contributed by atoms with van der Waals surface area (Å²) in [5, 5.41) is 34.6. The van der Waals surface area contributed by atoms with Crippen LogP contribution in [-0.2, 0) is 123 Å². The van der Waals surface area contributed by atoms with Crippen LogP contribution in [0, 0.1) is 28.6 Å².